The van der Waals surface area contributed by atoms with Gasteiger partial charge in [-0.1, -0.05) is 156 Å². The molecule has 51 heavy (non-hydrogen) atoms. The van der Waals surface area contributed by atoms with Gasteiger partial charge in [0.25, 0.3) is 0 Å². The van der Waals surface area contributed by atoms with Crippen LogP contribution in [0.4, 0.5) is 0 Å². The van der Waals surface area contributed by atoms with Gasteiger partial charge < -0.3 is 18.9 Å². The Kier molecular flexibility index (Phi) is 21.5. The molecule has 6 nitrogen and oxygen atoms in total. The predicted octanol–water partition coefficient (Wildman–Crippen LogP) is 13.5. The topological polar surface area (TPSA) is 71.1 Å². The lowest BCUT2D eigenvalue weighted by molar-refractivity contribution is 0.289. The first kappa shape index (κ1) is 43.0. The first-order valence-corrected chi connectivity index (χ1v) is 22.6. The number of rotatable bonds is 32. The van der Waals surface area contributed by atoms with Gasteiger partial charge in [0.1, 0.15) is 32.8 Å². The highest BCUT2D eigenvalue weighted by Crippen LogP contribution is 2.57. The Balaban J connectivity index is 1.93. The molecule has 0 atom stereocenters. The summed E-state index contributed by atoms with van der Waals surface area (Å²) in [6.07, 6.45) is 27.5. The number of hydrogen-bond acceptors (Lipinski definition) is 6. The molecule has 0 saturated carbocycles. The van der Waals surface area contributed by atoms with Crippen LogP contribution in [0.25, 0.3) is 11.1 Å². The zero-order valence-corrected chi connectivity index (χ0v) is 33.8. The average molecular weight is 729 g/mol. The number of hydrogen-bond donors (Lipinski definition) is 0. The quantitative estimate of drug-likeness (QED) is 0.0596. The molecule has 1 heterocycles. The lowest BCUT2D eigenvalue weighted by Gasteiger charge is -2.17. The maximum absolute atomic E-state index is 14.7. The Morgan fingerprint density at radius 2 is 0.588 bits per heavy atom. The average Bonchev–Trinajstić information content (AvgIpc) is 3.39. The van der Waals surface area contributed by atoms with Crippen LogP contribution in [-0.4, -0.2) is 34.8 Å². The first-order valence-electron chi connectivity index (χ1n) is 21.1. The second-order valence-electron chi connectivity index (χ2n) is 14.5. The van der Waals surface area contributed by atoms with Crippen molar-refractivity contribution < 1.29 is 27.4 Å². The standard InChI is InChI=1S/C44H72O6S/c1-5-9-13-17-21-25-33-47-37-29-31-39(49-35-27-23-19-15-11-7-3)43-41(37)42-38(48-34-26-22-18-14-10-6-2)30-32-40(44(42)51(43,45)46)50-36-28-24-20-16-12-8-4/h29-32H,5-28,33-36H2,1-4H3. The monoisotopic (exact) mass is 729 g/mol. The van der Waals surface area contributed by atoms with Crippen molar-refractivity contribution in [1.82, 2.24) is 0 Å². The van der Waals surface area contributed by atoms with Crippen LogP contribution in [0.5, 0.6) is 23.0 Å². The summed E-state index contributed by atoms with van der Waals surface area (Å²) in [4.78, 5) is 0.396. The molecule has 0 N–H and O–H groups in total. The van der Waals surface area contributed by atoms with Crippen LogP contribution >= 0.6 is 0 Å². The van der Waals surface area contributed by atoms with E-state index >= 15 is 0 Å². The van der Waals surface area contributed by atoms with E-state index in [4.69, 9.17) is 18.9 Å². The van der Waals surface area contributed by atoms with E-state index in [0.29, 0.717) is 60.6 Å². The molecule has 0 fully saturated rings. The predicted molar refractivity (Wildman–Crippen MR) is 213 cm³/mol. The third-order valence-electron chi connectivity index (χ3n) is 9.98. The zero-order valence-electron chi connectivity index (χ0n) is 33.0. The Labute approximate surface area is 312 Å². The Bertz CT molecular complexity index is 1240. The van der Waals surface area contributed by atoms with Gasteiger partial charge in [-0.2, -0.15) is 0 Å². The van der Waals surface area contributed by atoms with Gasteiger partial charge in [0.05, 0.1) is 37.6 Å². The summed E-state index contributed by atoms with van der Waals surface area (Å²) in [7, 11) is -3.98. The van der Waals surface area contributed by atoms with Crippen molar-refractivity contribution in [3.8, 4) is 34.1 Å². The summed E-state index contributed by atoms with van der Waals surface area (Å²) in [6, 6.07) is 7.39. The van der Waals surface area contributed by atoms with E-state index in [1.165, 1.54) is 103 Å². The fraction of sp³-hybridized carbons (Fsp3) is 0.727. The summed E-state index contributed by atoms with van der Waals surface area (Å²) >= 11 is 0. The van der Waals surface area contributed by atoms with Crippen LogP contribution < -0.4 is 18.9 Å². The molecule has 3 rings (SSSR count). The number of fused-ring (bicyclic) bond motifs is 3. The van der Waals surface area contributed by atoms with E-state index in [-0.39, 0.29) is 9.79 Å². The van der Waals surface area contributed by atoms with Crippen LogP contribution in [0.1, 0.15) is 182 Å². The van der Waals surface area contributed by atoms with Crippen LogP contribution in [0.3, 0.4) is 0 Å². The van der Waals surface area contributed by atoms with Gasteiger partial charge in [-0.15, -0.1) is 0 Å². The van der Waals surface area contributed by atoms with E-state index in [2.05, 4.69) is 27.7 Å². The summed E-state index contributed by atoms with van der Waals surface area (Å²) < 4.78 is 55.0. The molecule has 0 aromatic heterocycles. The Morgan fingerprint density at radius 1 is 0.353 bits per heavy atom. The number of benzene rings is 2. The van der Waals surface area contributed by atoms with Crippen LogP contribution in [0.15, 0.2) is 34.1 Å². The Morgan fingerprint density at radius 3 is 0.882 bits per heavy atom. The molecule has 290 valence electrons. The van der Waals surface area contributed by atoms with Gasteiger partial charge in [-0.3, -0.25) is 0 Å². The molecule has 0 spiro atoms. The molecule has 2 aromatic carbocycles. The lowest BCUT2D eigenvalue weighted by Crippen LogP contribution is -2.07. The molecular weight excluding hydrogens is 657 g/mol. The molecule has 0 radical (unpaired) electrons. The highest BCUT2D eigenvalue weighted by atomic mass is 32.2. The van der Waals surface area contributed by atoms with Crippen molar-refractivity contribution in [2.45, 2.75) is 192 Å². The van der Waals surface area contributed by atoms with E-state index in [9.17, 15) is 8.42 Å². The van der Waals surface area contributed by atoms with Gasteiger partial charge >= 0.3 is 0 Å². The maximum Gasteiger partial charge on any atom is 0.215 e. The van der Waals surface area contributed by atoms with Gasteiger partial charge in [0.15, 0.2) is 0 Å². The van der Waals surface area contributed by atoms with Crippen molar-refractivity contribution in [1.29, 1.82) is 0 Å². The number of sulfone groups is 1. The summed E-state index contributed by atoms with van der Waals surface area (Å²) in [5.41, 5.74) is 1.14. The van der Waals surface area contributed by atoms with E-state index in [0.717, 1.165) is 51.4 Å². The van der Waals surface area contributed by atoms with Gasteiger partial charge in [0.2, 0.25) is 9.84 Å². The van der Waals surface area contributed by atoms with Crippen LogP contribution in [0, 0.1) is 0 Å². The highest BCUT2D eigenvalue weighted by molar-refractivity contribution is 7.92. The smallest absolute Gasteiger partial charge is 0.215 e. The van der Waals surface area contributed by atoms with Crippen LogP contribution in [-0.2, 0) is 9.84 Å². The van der Waals surface area contributed by atoms with Crippen molar-refractivity contribution in [2.24, 2.45) is 0 Å². The lowest BCUT2D eigenvalue weighted by atomic mass is 10.0. The molecule has 0 amide bonds. The van der Waals surface area contributed by atoms with Crippen molar-refractivity contribution in [2.75, 3.05) is 26.4 Å². The second-order valence-corrected chi connectivity index (χ2v) is 16.3. The van der Waals surface area contributed by atoms with Crippen molar-refractivity contribution >= 4 is 9.84 Å². The third kappa shape index (κ3) is 14.2. The first-order chi connectivity index (χ1) is 25.0. The molecule has 2 aromatic rings. The SMILES string of the molecule is CCCCCCCCOc1ccc(OCCCCCCCC)c2c1-c1c(OCCCCCCCC)ccc(OCCCCCCCC)c1S2(=O)=O. The van der Waals surface area contributed by atoms with Gasteiger partial charge in [-0.25, -0.2) is 8.42 Å². The van der Waals surface area contributed by atoms with Gasteiger partial charge in [-0.05, 0) is 49.9 Å². The second kappa shape index (κ2) is 25.5. The number of unbranched alkanes of at least 4 members (excludes halogenated alkanes) is 20. The van der Waals surface area contributed by atoms with E-state index in [1.807, 2.05) is 12.1 Å². The van der Waals surface area contributed by atoms with Crippen molar-refractivity contribution in [3.63, 3.8) is 0 Å². The largest absolute Gasteiger partial charge is 0.493 e. The summed E-state index contributed by atoms with van der Waals surface area (Å²) in [6.45, 7) is 10.9. The minimum Gasteiger partial charge on any atom is -0.493 e. The normalized spacial score (nSPS) is 12.9. The minimum absolute atomic E-state index is 0.198. The van der Waals surface area contributed by atoms with Crippen molar-refractivity contribution in [3.05, 3.63) is 24.3 Å². The molecular formula is C44H72O6S. The van der Waals surface area contributed by atoms with E-state index in [1.54, 1.807) is 12.1 Å². The molecule has 0 bridgehead atoms. The summed E-state index contributed by atoms with van der Waals surface area (Å²) in [5.74, 6) is 1.94. The van der Waals surface area contributed by atoms with Gasteiger partial charge in [0, 0.05) is 0 Å². The molecule has 0 saturated heterocycles. The minimum atomic E-state index is -3.98. The fourth-order valence-corrected chi connectivity index (χ4v) is 8.86. The molecule has 7 heteroatoms. The molecule has 0 aliphatic carbocycles. The van der Waals surface area contributed by atoms with E-state index < -0.39 is 9.84 Å². The third-order valence-corrected chi connectivity index (χ3v) is 11.9. The van der Waals surface area contributed by atoms with Crippen LogP contribution in [0.2, 0.25) is 0 Å². The Hall–Kier alpha value is -2.41. The molecule has 0 unspecified atom stereocenters. The maximum atomic E-state index is 14.7. The molecule has 1 aliphatic heterocycles. The number of ether oxygens (including phenoxy) is 4. The molecule has 1 aliphatic rings. The zero-order chi connectivity index (χ0) is 36.6. The fourth-order valence-electron chi connectivity index (χ4n) is 6.93. The summed E-state index contributed by atoms with van der Waals surface area (Å²) in [5, 5.41) is 0. The highest BCUT2D eigenvalue weighted by Gasteiger charge is 2.43.